The Morgan fingerprint density at radius 3 is 2.77 bits per heavy atom. The molecule has 30 heavy (non-hydrogen) atoms. The third-order valence-corrected chi connectivity index (χ3v) is 5.15. The van der Waals surface area contributed by atoms with Crippen LogP contribution in [0.4, 0.5) is 15.6 Å². The highest BCUT2D eigenvalue weighted by Gasteiger charge is 2.12. The van der Waals surface area contributed by atoms with Gasteiger partial charge in [-0.25, -0.2) is 9.78 Å². The molecule has 152 valence electrons. The van der Waals surface area contributed by atoms with Crippen molar-refractivity contribution < 1.29 is 14.3 Å². The second-order valence-corrected chi connectivity index (χ2v) is 7.44. The van der Waals surface area contributed by atoms with Crippen molar-refractivity contribution >= 4 is 44.4 Å². The van der Waals surface area contributed by atoms with Gasteiger partial charge >= 0.3 is 6.09 Å². The molecule has 2 aromatic carbocycles. The van der Waals surface area contributed by atoms with Gasteiger partial charge in [-0.2, -0.15) is 5.10 Å². The zero-order chi connectivity index (χ0) is 20.9. The van der Waals surface area contributed by atoms with Crippen LogP contribution in [-0.2, 0) is 11.3 Å². The number of nitrogens with zero attached hydrogens (tertiary/aromatic N) is 3. The van der Waals surface area contributed by atoms with Crippen molar-refractivity contribution in [3.8, 4) is 0 Å². The monoisotopic (exact) mass is 421 g/mol. The summed E-state index contributed by atoms with van der Waals surface area (Å²) in [6, 6.07) is 15.3. The van der Waals surface area contributed by atoms with Crippen LogP contribution in [-0.4, -0.2) is 33.4 Å². The summed E-state index contributed by atoms with van der Waals surface area (Å²) in [5.41, 5.74) is 2.94. The van der Waals surface area contributed by atoms with E-state index in [1.807, 2.05) is 36.4 Å². The highest BCUT2D eigenvalue weighted by molar-refractivity contribution is 7.22. The fraction of sp³-hybridized carbons (Fsp3) is 0.143. The molecule has 0 aliphatic rings. The average Bonchev–Trinajstić information content (AvgIpc) is 3.35. The van der Waals surface area contributed by atoms with Gasteiger partial charge < -0.3 is 10.1 Å². The number of rotatable bonds is 6. The van der Waals surface area contributed by atoms with Crippen LogP contribution < -0.4 is 10.6 Å². The van der Waals surface area contributed by atoms with Gasteiger partial charge in [-0.1, -0.05) is 41.7 Å². The van der Waals surface area contributed by atoms with E-state index in [0.29, 0.717) is 22.9 Å². The molecule has 4 aromatic rings. The Bertz CT molecular complexity index is 1190. The lowest BCUT2D eigenvalue weighted by Gasteiger charge is -2.03. The smallest absolute Gasteiger partial charge is 0.413 e. The van der Waals surface area contributed by atoms with Gasteiger partial charge in [0.1, 0.15) is 0 Å². The Kier molecular flexibility index (Phi) is 5.71. The molecule has 2 N–H and O–H groups in total. The fourth-order valence-electron chi connectivity index (χ4n) is 2.85. The van der Waals surface area contributed by atoms with Crippen molar-refractivity contribution in [3.63, 3.8) is 0 Å². The zero-order valence-corrected chi connectivity index (χ0v) is 17.0. The van der Waals surface area contributed by atoms with Crippen LogP contribution in [0.3, 0.4) is 0 Å². The normalized spacial score (nSPS) is 10.7. The Hall–Kier alpha value is -3.72. The zero-order valence-electron chi connectivity index (χ0n) is 16.2. The molecule has 0 unspecified atom stereocenters. The van der Waals surface area contributed by atoms with Crippen molar-refractivity contribution in [3.05, 3.63) is 72.1 Å². The first-order valence-electron chi connectivity index (χ1n) is 9.33. The summed E-state index contributed by atoms with van der Waals surface area (Å²) in [6.45, 7) is 2.62. The topological polar surface area (TPSA) is 98.1 Å². The molecule has 0 saturated carbocycles. The van der Waals surface area contributed by atoms with Crippen LogP contribution in [0.25, 0.3) is 10.2 Å². The summed E-state index contributed by atoms with van der Waals surface area (Å²) in [5, 5.41) is 10.2. The lowest BCUT2D eigenvalue weighted by atomic mass is 10.2. The number of hydrogen-bond donors (Lipinski definition) is 2. The van der Waals surface area contributed by atoms with Crippen LogP contribution in [0.1, 0.15) is 22.8 Å². The third kappa shape index (κ3) is 4.64. The molecule has 0 spiro atoms. The first kappa shape index (κ1) is 19.6. The van der Waals surface area contributed by atoms with E-state index in [9.17, 15) is 9.59 Å². The van der Waals surface area contributed by atoms with Crippen LogP contribution in [0.15, 0.2) is 60.9 Å². The molecule has 2 heterocycles. The van der Waals surface area contributed by atoms with Crippen LogP contribution in [0.2, 0.25) is 0 Å². The molecule has 0 fully saturated rings. The first-order valence-corrected chi connectivity index (χ1v) is 10.1. The van der Waals surface area contributed by atoms with Crippen molar-refractivity contribution in [1.29, 1.82) is 0 Å². The number of benzene rings is 2. The summed E-state index contributed by atoms with van der Waals surface area (Å²) >= 11 is 1.30. The predicted molar refractivity (Wildman–Crippen MR) is 116 cm³/mol. The van der Waals surface area contributed by atoms with E-state index in [4.69, 9.17) is 4.74 Å². The summed E-state index contributed by atoms with van der Waals surface area (Å²) in [7, 11) is 0. The summed E-state index contributed by atoms with van der Waals surface area (Å²) < 4.78 is 7.42. The Balaban J connectivity index is 1.43. The van der Waals surface area contributed by atoms with Crippen LogP contribution in [0, 0.1) is 0 Å². The number of anilines is 2. The van der Waals surface area contributed by atoms with Crippen LogP contribution >= 0.6 is 11.3 Å². The number of thiazole rings is 1. The summed E-state index contributed by atoms with van der Waals surface area (Å²) in [5.74, 6) is -0.247. The highest BCUT2D eigenvalue weighted by Crippen LogP contribution is 2.28. The van der Waals surface area contributed by atoms with Crippen molar-refractivity contribution in [2.24, 2.45) is 0 Å². The van der Waals surface area contributed by atoms with E-state index in [0.717, 1.165) is 15.8 Å². The Labute approximate surface area is 176 Å². The molecule has 0 aliphatic heterocycles. The maximum atomic E-state index is 12.6. The predicted octanol–water partition coefficient (Wildman–Crippen LogP) is 4.36. The van der Waals surface area contributed by atoms with E-state index in [2.05, 4.69) is 20.7 Å². The van der Waals surface area contributed by atoms with Crippen LogP contribution in [0.5, 0.6) is 0 Å². The molecule has 2 aromatic heterocycles. The molecule has 2 amide bonds. The molecule has 0 radical (unpaired) electrons. The summed E-state index contributed by atoms with van der Waals surface area (Å²) in [4.78, 5) is 28.5. The van der Waals surface area contributed by atoms with Crippen molar-refractivity contribution in [1.82, 2.24) is 14.8 Å². The third-order valence-electron chi connectivity index (χ3n) is 4.21. The van der Waals surface area contributed by atoms with Gasteiger partial charge in [-0.15, -0.1) is 0 Å². The second kappa shape index (κ2) is 8.75. The SMILES string of the molecule is CCOC(=O)Nc1nc2ccc(NC(=O)c3cnn(Cc4ccccc4)c3)cc2s1. The molecule has 4 rings (SSSR count). The van der Waals surface area contributed by atoms with Crippen molar-refractivity contribution in [2.75, 3.05) is 17.2 Å². The van der Waals surface area contributed by atoms with Gasteiger partial charge in [-0.05, 0) is 30.7 Å². The van der Waals surface area contributed by atoms with Gasteiger partial charge in [0.25, 0.3) is 5.91 Å². The molecular weight excluding hydrogens is 402 g/mol. The quantitative estimate of drug-likeness (QED) is 0.482. The van der Waals surface area contributed by atoms with Gasteiger partial charge in [0.2, 0.25) is 0 Å². The number of nitrogens with one attached hydrogen (secondary N) is 2. The minimum absolute atomic E-state index is 0.247. The number of ether oxygens (including phenoxy) is 1. The van der Waals surface area contributed by atoms with E-state index in [-0.39, 0.29) is 12.5 Å². The molecule has 0 aliphatic carbocycles. The molecule has 0 saturated heterocycles. The number of amides is 2. The molecule has 0 bridgehead atoms. The molecule has 0 atom stereocenters. The summed E-state index contributed by atoms with van der Waals surface area (Å²) in [6.07, 6.45) is 2.72. The van der Waals surface area contributed by atoms with E-state index in [1.165, 1.54) is 11.3 Å². The largest absolute Gasteiger partial charge is 0.450 e. The fourth-order valence-corrected chi connectivity index (χ4v) is 3.74. The Morgan fingerprint density at radius 1 is 1.13 bits per heavy atom. The molecule has 8 nitrogen and oxygen atoms in total. The molecular formula is C21H19N5O3S. The van der Waals surface area contributed by atoms with Gasteiger partial charge in [0.05, 0.1) is 35.1 Å². The minimum atomic E-state index is -0.544. The molecule has 9 heteroatoms. The van der Waals surface area contributed by atoms with Crippen molar-refractivity contribution in [2.45, 2.75) is 13.5 Å². The van der Waals surface area contributed by atoms with Gasteiger partial charge in [-0.3, -0.25) is 14.8 Å². The highest BCUT2D eigenvalue weighted by atomic mass is 32.1. The number of fused-ring (bicyclic) bond motifs is 1. The number of aromatic nitrogens is 3. The maximum absolute atomic E-state index is 12.6. The maximum Gasteiger partial charge on any atom is 0.413 e. The second-order valence-electron chi connectivity index (χ2n) is 6.41. The van der Waals surface area contributed by atoms with Gasteiger partial charge in [0.15, 0.2) is 5.13 Å². The van der Waals surface area contributed by atoms with E-state index >= 15 is 0 Å². The Morgan fingerprint density at radius 2 is 1.97 bits per heavy atom. The first-order chi connectivity index (χ1) is 14.6. The number of hydrogen-bond acceptors (Lipinski definition) is 6. The average molecular weight is 421 g/mol. The lowest BCUT2D eigenvalue weighted by molar-refractivity contribution is 0.102. The van der Waals surface area contributed by atoms with Gasteiger partial charge in [0, 0.05) is 11.9 Å². The standard InChI is InChI=1S/C21H19N5O3S/c1-2-29-21(28)25-20-24-17-9-8-16(10-18(17)30-20)23-19(27)15-11-22-26(13-15)12-14-6-4-3-5-7-14/h3-11,13H,2,12H2,1H3,(H,23,27)(H,24,25,28). The van der Waals surface area contributed by atoms with E-state index < -0.39 is 6.09 Å². The van der Waals surface area contributed by atoms with E-state index in [1.54, 1.807) is 36.1 Å². The number of carbonyl (C=O) groups is 2. The number of carbonyl (C=O) groups excluding carboxylic acids is 2. The lowest BCUT2D eigenvalue weighted by Crippen LogP contribution is -2.12. The minimum Gasteiger partial charge on any atom is -0.450 e.